The lowest BCUT2D eigenvalue weighted by Crippen LogP contribution is -2.24. The minimum atomic E-state index is -0.107. The molecule has 0 bridgehead atoms. The Morgan fingerprint density at radius 3 is 1.52 bits per heavy atom. The highest BCUT2D eigenvalue weighted by Gasteiger charge is 2.26. The van der Waals surface area contributed by atoms with Gasteiger partial charge in [0.2, 0.25) is 0 Å². The van der Waals surface area contributed by atoms with E-state index in [1.54, 1.807) is 31.8 Å². The van der Waals surface area contributed by atoms with Crippen LogP contribution in [0.5, 0.6) is 12.0 Å². The maximum atomic E-state index is 13.9. The maximum Gasteiger partial charge on any atom is 0.305 e. The first-order valence-corrected chi connectivity index (χ1v) is 15.7. The van der Waals surface area contributed by atoms with Crippen molar-refractivity contribution in [2.24, 2.45) is 0 Å². The molecule has 206 valence electrons. The van der Waals surface area contributed by atoms with Gasteiger partial charge in [-0.2, -0.15) is 9.97 Å². The van der Waals surface area contributed by atoms with Crippen molar-refractivity contribution in [1.82, 2.24) is 19.1 Å². The largest absolute Gasteiger partial charge is 0.464 e. The molecule has 7 rings (SSSR count). The molecule has 0 aliphatic heterocycles. The van der Waals surface area contributed by atoms with E-state index in [4.69, 9.17) is 19.4 Å². The molecule has 0 spiro atoms. The smallest absolute Gasteiger partial charge is 0.305 e. The van der Waals surface area contributed by atoms with Crippen molar-refractivity contribution in [3.8, 4) is 23.4 Å². The van der Waals surface area contributed by atoms with Crippen molar-refractivity contribution in [2.75, 3.05) is 13.2 Å². The first kappa shape index (κ1) is 25.5. The van der Waals surface area contributed by atoms with Gasteiger partial charge in [0.15, 0.2) is 0 Å². The van der Waals surface area contributed by atoms with Crippen molar-refractivity contribution in [1.29, 1.82) is 0 Å². The molecule has 40 heavy (non-hydrogen) atoms. The van der Waals surface area contributed by atoms with Gasteiger partial charge in [-0.25, -0.2) is 9.13 Å². The van der Waals surface area contributed by atoms with E-state index < -0.39 is 0 Å². The average Bonchev–Trinajstić information content (AvgIpc) is 3.72. The standard InChI is InChI=1S/C30H30N4O4S2/c1-3-15-37-29-31-25-23(19-7-5-9-21(19)39-25)27(35)33(29)17-11-13-18(14-12-17)34-28(36)24-20-8-6-10-22(20)40-26(24)32-30(34)38-16-4-2/h11-14H,3-10,15-16H2,1-2H3. The third kappa shape index (κ3) is 3.99. The molecule has 0 N–H and O–H groups in total. The first-order valence-electron chi connectivity index (χ1n) is 14.1. The van der Waals surface area contributed by atoms with Crippen LogP contribution in [-0.2, 0) is 25.7 Å². The van der Waals surface area contributed by atoms with Gasteiger partial charge in [-0.05, 0) is 86.8 Å². The van der Waals surface area contributed by atoms with Gasteiger partial charge in [0.1, 0.15) is 9.66 Å². The van der Waals surface area contributed by atoms with Crippen molar-refractivity contribution in [3.05, 3.63) is 65.9 Å². The molecule has 1 aromatic carbocycles. The zero-order valence-electron chi connectivity index (χ0n) is 22.6. The van der Waals surface area contributed by atoms with E-state index >= 15 is 0 Å². The number of ether oxygens (including phenoxy) is 2. The van der Waals surface area contributed by atoms with Gasteiger partial charge in [-0.15, -0.1) is 22.7 Å². The van der Waals surface area contributed by atoms with Gasteiger partial charge in [-0.1, -0.05) is 13.8 Å². The summed E-state index contributed by atoms with van der Waals surface area (Å²) in [4.78, 5) is 41.4. The SMILES string of the molecule is CCCOc1nc2sc3c(c2c(=O)n1-c1ccc(-n2c(OCCC)nc4sc5c(c4c2=O)CCC5)cc1)CCC3. The van der Waals surface area contributed by atoms with Crippen LogP contribution in [0.15, 0.2) is 33.9 Å². The van der Waals surface area contributed by atoms with Crippen LogP contribution < -0.4 is 20.6 Å². The molecule has 0 unspecified atom stereocenters. The van der Waals surface area contributed by atoms with E-state index in [1.165, 1.54) is 9.75 Å². The number of fused-ring (bicyclic) bond motifs is 6. The molecular formula is C30H30N4O4S2. The number of aromatic nitrogens is 4. The lowest BCUT2D eigenvalue weighted by molar-refractivity contribution is 0.284. The molecule has 5 aromatic rings. The van der Waals surface area contributed by atoms with Gasteiger partial charge in [-0.3, -0.25) is 9.59 Å². The molecule has 4 aromatic heterocycles. The molecule has 10 heteroatoms. The molecule has 0 radical (unpaired) electrons. The Balaban J connectivity index is 1.37. The summed E-state index contributed by atoms with van der Waals surface area (Å²) >= 11 is 3.22. The summed E-state index contributed by atoms with van der Waals surface area (Å²) in [5, 5.41) is 1.41. The second-order valence-electron chi connectivity index (χ2n) is 10.4. The molecule has 2 aliphatic carbocycles. The van der Waals surface area contributed by atoms with Gasteiger partial charge >= 0.3 is 12.0 Å². The zero-order chi connectivity index (χ0) is 27.4. The van der Waals surface area contributed by atoms with E-state index in [0.29, 0.717) is 47.4 Å². The van der Waals surface area contributed by atoms with E-state index in [9.17, 15) is 9.59 Å². The predicted molar refractivity (Wildman–Crippen MR) is 160 cm³/mol. The predicted octanol–water partition coefficient (Wildman–Crippen LogP) is 5.76. The van der Waals surface area contributed by atoms with E-state index in [1.807, 2.05) is 38.1 Å². The van der Waals surface area contributed by atoms with Crippen LogP contribution in [0.1, 0.15) is 60.4 Å². The summed E-state index contributed by atoms with van der Waals surface area (Å²) in [6, 6.07) is 7.96. The van der Waals surface area contributed by atoms with Crippen molar-refractivity contribution < 1.29 is 9.47 Å². The number of nitrogens with zero attached hydrogens (tertiary/aromatic N) is 4. The highest BCUT2D eigenvalue weighted by molar-refractivity contribution is 7.19. The Morgan fingerprint density at radius 2 is 1.12 bits per heavy atom. The van der Waals surface area contributed by atoms with Gasteiger partial charge < -0.3 is 9.47 Å². The summed E-state index contributed by atoms with van der Waals surface area (Å²) in [5.41, 5.74) is 3.34. The molecule has 8 nitrogen and oxygen atoms in total. The summed E-state index contributed by atoms with van der Waals surface area (Å²) in [6.45, 7) is 4.98. The third-order valence-electron chi connectivity index (χ3n) is 7.65. The van der Waals surface area contributed by atoms with Gasteiger partial charge in [0, 0.05) is 9.75 Å². The second-order valence-corrected chi connectivity index (χ2v) is 12.5. The van der Waals surface area contributed by atoms with Crippen LogP contribution >= 0.6 is 22.7 Å². The monoisotopic (exact) mass is 574 g/mol. The number of hydrogen-bond donors (Lipinski definition) is 0. The minimum Gasteiger partial charge on any atom is -0.464 e. The van der Waals surface area contributed by atoms with E-state index in [0.717, 1.165) is 72.2 Å². The quantitative estimate of drug-likeness (QED) is 0.234. The van der Waals surface area contributed by atoms with Crippen LogP contribution in [0.2, 0.25) is 0 Å². The average molecular weight is 575 g/mol. The molecule has 0 fully saturated rings. The fraction of sp³-hybridized carbons (Fsp3) is 0.400. The Hall–Kier alpha value is -3.50. The Kier molecular flexibility index (Phi) is 6.47. The summed E-state index contributed by atoms with van der Waals surface area (Å²) in [5.74, 6) is 0. The Morgan fingerprint density at radius 1 is 0.700 bits per heavy atom. The number of benzene rings is 1. The number of rotatable bonds is 8. The van der Waals surface area contributed by atoms with Crippen molar-refractivity contribution >= 4 is 43.1 Å². The molecule has 0 saturated carbocycles. The van der Waals surface area contributed by atoms with E-state index in [2.05, 4.69) is 0 Å². The van der Waals surface area contributed by atoms with Crippen LogP contribution in [0.4, 0.5) is 0 Å². The number of aryl methyl sites for hydroxylation is 4. The van der Waals surface area contributed by atoms with Gasteiger partial charge in [0.05, 0.1) is 35.4 Å². The highest BCUT2D eigenvalue weighted by atomic mass is 32.1. The summed E-state index contributed by atoms with van der Waals surface area (Å²) in [6.07, 6.45) is 7.57. The highest BCUT2D eigenvalue weighted by Crippen LogP contribution is 2.37. The van der Waals surface area contributed by atoms with Gasteiger partial charge in [0.25, 0.3) is 11.1 Å². The normalized spacial score (nSPS) is 14.2. The number of thiophene rings is 2. The van der Waals surface area contributed by atoms with Crippen LogP contribution in [-0.4, -0.2) is 32.3 Å². The fourth-order valence-corrected chi connectivity index (χ4v) is 8.32. The lowest BCUT2D eigenvalue weighted by Gasteiger charge is -2.15. The van der Waals surface area contributed by atoms with Crippen molar-refractivity contribution in [2.45, 2.75) is 65.2 Å². The molecule has 4 heterocycles. The number of hydrogen-bond acceptors (Lipinski definition) is 8. The third-order valence-corrected chi connectivity index (χ3v) is 10.0. The Labute approximate surface area is 238 Å². The van der Waals surface area contributed by atoms with Crippen LogP contribution in [0.3, 0.4) is 0 Å². The molecule has 0 saturated heterocycles. The van der Waals surface area contributed by atoms with E-state index in [-0.39, 0.29) is 11.1 Å². The zero-order valence-corrected chi connectivity index (χ0v) is 24.3. The van der Waals surface area contributed by atoms with Crippen molar-refractivity contribution in [3.63, 3.8) is 0 Å². The minimum absolute atomic E-state index is 0.107. The molecule has 0 atom stereocenters. The maximum absolute atomic E-state index is 13.9. The molecular weight excluding hydrogens is 544 g/mol. The topological polar surface area (TPSA) is 88.2 Å². The summed E-state index contributed by atoms with van der Waals surface area (Å²) < 4.78 is 15.1. The fourth-order valence-electron chi connectivity index (χ4n) is 5.84. The summed E-state index contributed by atoms with van der Waals surface area (Å²) in [7, 11) is 0. The lowest BCUT2D eigenvalue weighted by atomic mass is 10.2. The van der Waals surface area contributed by atoms with Crippen LogP contribution in [0.25, 0.3) is 31.8 Å². The molecule has 0 amide bonds. The first-order chi connectivity index (χ1) is 19.6. The second kappa shape index (κ2) is 10.2. The molecule has 2 aliphatic rings. The van der Waals surface area contributed by atoms with Crippen LogP contribution in [0, 0.1) is 0 Å². The Bertz CT molecular complexity index is 1740.